The first kappa shape index (κ1) is 21.1. The van der Waals surface area contributed by atoms with E-state index in [9.17, 15) is 14.4 Å². The Balaban J connectivity index is 2.42. The second-order valence-corrected chi connectivity index (χ2v) is 7.89. The summed E-state index contributed by atoms with van der Waals surface area (Å²) in [5.41, 5.74) is 2.68. The van der Waals surface area contributed by atoms with Crippen LogP contribution >= 0.6 is 0 Å². The molecule has 0 saturated carbocycles. The SMILES string of the molecule is Cc1cc(C)cc(CC(=O)CCC(=O)C[C@@H](C)C(=O)OC(C)(C)C)c1. The van der Waals surface area contributed by atoms with E-state index in [1.54, 1.807) is 27.7 Å². The van der Waals surface area contributed by atoms with Gasteiger partial charge in [0.15, 0.2) is 0 Å². The number of carbonyl (C=O) groups excluding carboxylic acids is 3. The molecule has 0 fully saturated rings. The van der Waals surface area contributed by atoms with E-state index in [1.165, 1.54) is 0 Å². The molecule has 0 radical (unpaired) electrons. The van der Waals surface area contributed by atoms with E-state index in [2.05, 4.69) is 6.07 Å². The molecule has 0 aliphatic rings. The smallest absolute Gasteiger partial charge is 0.309 e. The van der Waals surface area contributed by atoms with Crippen LogP contribution in [0, 0.1) is 19.8 Å². The number of Topliss-reactive ketones (excluding diaryl/α,β-unsaturated/α-hetero) is 2. The zero-order valence-electron chi connectivity index (χ0n) is 16.3. The van der Waals surface area contributed by atoms with Crippen LogP contribution in [0.15, 0.2) is 18.2 Å². The summed E-state index contributed by atoms with van der Waals surface area (Å²) in [6.45, 7) is 11.1. The molecular formula is C21H30O4. The molecule has 1 aromatic carbocycles. The number of hydrogen-bond donors (Lipinski definition) is 0. The highest BCUT2D eigenvalue weighted by atomic mass is 16.6. The molecule has 4 heteroatoms. The van der Waals surface area contributed by atoms with E-state index < -0.39 is 11.5 Å². The van der Waals surface area contributed by atoms with Gasteiger partial charge in [-0.3, -0.25) is 14.4 Å². The van der Waals surface area contributed by atoms with Crippen LogP contribution in [-0.4, -0.2) is 23.1 Å². The summed E-state index contributed by atoms with van der Waals surface area (Å²) in [5, 5.41) is 0. The Hall–Kier alpha value is -1.97. The topological polar surface area (TPSA) is 60.4 Å². The van der Waals surface area contributed by atoms with Gasteiger partial charge < -0.3 is 4.74 Å². The van der Waals surface area contributed by atoms with E-state index in [0.717, 1.165) is 16.7 Å². The molecular weight excluding hydrogens is 316 g/mol. The molecule has 1 aromatic rings. The standard InChI is InChI=1S/C21H30O4/c1-14-9-15(2)11-17(10-14)13-19(23)8-7-18(22)12-16(3)20(24)25-21(4,5)6/h9-11,16H,7-8,12-13H2,1-6H3/t16-/m1/s1. The second-order valence-electron chi connectivity index (χ2n) is 7.89. The molecule has 0 saturated heterocycles. The molecule has 0 bridgehead atoms. The predicted octanol–water partition coefficient (Wildman–Crippen LogP) is 4.13. The first-order valence-corrected chi connectivity index (χ1v) is 8.79. The Kier molecular flexibility index (Phi) is 7.53. The number of rotatable bonds is 8. The van der Waals surface area contributed by atoms with Crippen LogP contribution in [-0.2, 0) is 25.5 Å². The van der Waals surface area contributed by atoms with E-state index in [-0.39, 0.29) is 36.8 Å². The van der Waals surface area contributed by atoms with Crippen molar-refractivity contribution in [3.63, 3.8) is 0 Å². The molecule has 0 N–H and O–H groups in total. The zero-order chi connectivity index (χ0) is 19.2. The van der Waals surface area contributed by atoms with Gasteiger partial charge in [-0.15, -0.1) is 0 Å². The lowest BCUT2D eigenvalue weighted by molar-refractivity contribution is -0.160. The van der Waals surface area contributed by atoms with E-state index in [1.807, 2.05) is 26.0 Å². The lowest BCUT2D eigenvalue weighted by atomic mass is 9.98. The summed E-state index contributed by atoms with van der Waals surface area (Å²) in [6.07, 6.45) is 0.854. The van der Waals surface area contributed by atoms with Gasteiger partial charge in [0.1, 0.15) is 17.2 Å². The molecule has 0 unspecified atom stereocenters. The number of benzene rings is 1. The highest BCUT2D eigenvalue weighted by Gasteiger charge is 2.23. The molecule has 1 rings (SSSR count). The molecule has 0 aliphatic carbocycles. The van der Waals surface area contributed by atoms with Crippen molar-refractivity contribution in [2.75, 3.05) is 0 Å². The van der Waals surface area contributed by atoms with Crippen molar-refractivity contribution in [3.05, 3.63) is 34.9 Å². The molecule has 0 amide bonds. The lowest BCUT2D eigenvalue weighted by Crippen LogP contribution is -2.28. The predicted molar refractivity (Wildman–Crippen MR) is 98.5 cm³/mol. The summed E-state index contributed by atoms with van der Waals surface area (Å²) in [7, 11) is 0. The molecule has 0 aromatic heterocycles. The van der Waals surface area contributed by atoms with Crippen LogP contribution in [0.4, 0.5) is 0 Å². The van der Waals surface area contributed by atoms with Gasteiger partial charge in [0.05, 0.1) is 5.92 Å². The largest absolute Gasteiger partial charge is 0.460 e. The summed E-state index contributed by atoms with van der Waals surface area (Å²) in [6, 6.07) is 6.06. The highest BCUT2D eigenvalue weighted by Crippen LogP contribution is 2.15. The van der Waals surface area contributed by atoms with E-state index in [4.69, 9.17) is 4.74 Å². The van der Waals surface area contributed by atoms with E-state index >= 15 is 0 Å². The third-order valence-corrected chi connectivity index (χ3v) is 3.71. The van der Waals surface area contributed by atoms with Gasteiger partial charge in [-0.25, -0.2) is 0 Å². The molecule has 0 spiro atoms. The Morgan fingerprint density at radius 1 is 0.960 bits per heavy atom. The maximum Gasteiger partial charge on any atom is 0.309 e. The number of carbonyl (C=O) groups is 3. The van der Waals surface area contributed by atoms with Crippen molar-refractivity contribution in [2.24, 2.45) is 5.92 Å². The minimum absolute atomic E-state index is 0.0447. The zero-order valence-corrected chi connectivity index (χ0v) is 16.3. The maximum absolute atomic E-state index is 12.1. The summed E-state index contributed by atoms with van der Waals surface area (Å²) >= 11 is 0. The summed E-state index contributed by atoms with van der Waals surface area (Å²) in [4.78, 5) is 36.0. The fourth-order valence-corrected chi connectivity index (χ4v) is 2.70. The number of ketones is 2. The third kappa shape index (κ3) is 8.62. The van der Waals surface area contributed by atoms with Crippen molar-refractivity contribution in [3.8, 4) is 0 Å². The monoisotopic (exact) mass is 346 g/mol. The second kappa shape index (κ2) is 8.93. The number of ether oxygens (including phenoxy) is 1. The molecule has 1 atom stereocenters. The van der Waals surface area contributed by atoms with Gasteiger partial charge >= 0.3 is 5.97 Å². The average molecular weight is 346 g/mol. The Bertz CT molecular complexity index is 618. The summed E-state index contributed by atoms with van der Waals surface area (Å²) in [5.74, 6) is -0.890. The van der Waals surface area contributed by atoms with Gasteiger partial charge in [0.25, 0.3) is 0 Å². The molecule has 4 nitrogen and oxygen atoms in total. The molecule has 25 heavy (non-hydrogen) atoms. The van der Waals surface area contributed by atoms with Crippen molar-refractivity contribution in [1.82, 2.24) is 0 Å². The average Bonchev–Trinajstić information content (AvgIpc) is 2.42. The normalized spacial score (nSPS) is 12.6. The maximum atomic E-state index is 12.1. The number of hydrogen-bond acceptors (Lipinski definition) is 4. The van der Waals surface area contributed by atoms with Crippen LogP contribution in [0.5, 0.6) is 0 Å². The number of esters is 1. The lowest BCUT2D eigenvalue weighted by Gasteiger charge is -2.22. The molecule has 0 heterocycles. The fraction of sp³-hybridized carbons (Fsp3) is 0.571. The fourth-order valence-electron chi connectivity index (χ4n) is 2.70. The quantitative estimate of drug-likeness (QED) is 0.664. The van der Waals surface area contributed by atoms with Crippen LogP contribution in [0.25, 0.3) is 0 Å². The minimum Gasteiger partial charge on any atom is -0.460 e. The van der Waals surface area contributed by atoms with Gasteiger partial charge in [0.2, 0.25) is 0 Å². The molecule has 138 valence electrons. The van der Waals surface area contributed by atoms with Crippen LogP contribution in [0.2, 0.25) is 0 Å². The minimum atomic E-state index is -0.559. The third-order valence-electron chi connectivity index (χ3n) is 3.71. The van der Waals surface area contributed by atoms with Crippen LogP contribution in [0.1, 0.15) is 63.6 Å². The van der Waals surface area contributed by atoms with Gasteiger partial charge in [-0.05, 0) is 40.2 Å². The van der Waals surface area contributed by atoms with Crippen LogP contribution < -0.4 is 0 Å². The van der Waals surface area contributed by atoms with Crippen molar-refractivity contribution in [2.45, 2.75) is 72.8 Å². The highest BCUT2D eigenvalue weighted by molar-refractivity contribution is 5.89. The van der Waals surface area contributed by atoms with Crippen molar-refractivity contribution < 1.29 is 19.1 Å². The Labute approximate surface area is 151 Å². The van der Waals surface area contributed by atoms with Crippen molar-refractivity contribution >= 4 is 17.5 Å². The van der Waals surface area contributed by atoms with Gasteiger partial charge in [0, 0.05) is 25.7 Å². The van der Waals surface area contributed by atoms with E-state index in [0.29, 0.717) is 6.42 Å². The molecule has 0 aliphatic heterocycles. The van der Waals surface area contributed by atoms with Crippen LogP contribution in [0.3, 0.4) is 0 Å². The Morgan fingerprint density at radius 2 is 1.48 bits per heavy atom. The number of aryl methyl sites for hydroxylation is 2. The Morgan fingerprint density at radius 3 is 2.00 bits per heavy atom. The van der Waals surface area contributed by atoms with Crippen molar-refractivity contribution in [1.29, 1.82) is 0 Å². The summed E-state index contributed by atoms with van der Waals surface area (Å²) < 4.78 is 5.27. The van der Waals surface area contributed by atoms with Gasteiger partial charge in [-0.2, -0.15) is 0 Å². The first-order valence-electron chi connectivity index (χ1n) is 8.79. The van der Waals surface area contributed by atoms with Gasteiger partial charge in [-0.1, -0.05) is 36.2 Å². The first-order chi connectivity index (χ1) is 11.5.